The normalized spacial score (nSPS) is 13.0. The Balaban J connectivity index is 2.35. The van der Waals surface area contributed by atoms with E-state index in [0.717, 1.165) is 37.5 Å². The molecule has 0 fully saturated rings. The molecule has 2 N–H and O–H groups in total. The number of hydrogen-bond acceptors (Lipinski definition) is 3. The van der Waals surface area contributed by atoms with Crippen LogP contribution in [0.3, 0.4) is 0 Å². The van der Waals surface area contributed by atoms with Crippen molar-refractivity contribution in [2.24, 2.45) is 4.99 Å². The van der Waals surface area contributed by atoms with Gasteiger partial charge in [0, 0.05) is 20.1 Å². The zero-order valence-corrected chi connectivity index (χ0v) is 14.7. The van der Waals surface area contributed by atoms with Crippen LogP contribution >= 0.6 is 0 Å². The molecule has 0 aromatic heterocycles. The first-order valence-electron chi connectivity index (χ1n) is 8.46. The molecule has 0 aliphatic heterocycles. The van der Waals surface area contributed by atoms with E-state index in [1.54, 1.807) is 0 Å². The molecule has 1 aromatic carbocycles. The number of benzene rings is 1. The number of nitrogens with one attached hydrogen (secondary N) is 1. The van der Waals surface area contributed by atoms with Crippen LogP contribution in [-0.2, 0) is 11.3 Å². The highest BCUT2D eigenvalue weighted by atomic mass is 16.5. The van der Waals surface area contributed by atoms with E-state index in [1.165, 1.54) is 0 Å². The van der Waals surface area contributed by atoms with Crippen molar-refractivity contribution in [2.45, 2.75) is 39.4 Å². The van der Waals surface area contributed by atoms with E-state index in [2.05, 4.69) is 22.1 Å². The van der Waals surface area contributed by atoms with Gasteiger partial charge in [-0.25, -0.2) is 0 Å². The largest absolute Gasteiger partial charge is 0.389 e. The molecule has 0 aliphatic rings. The molecule has 5 nitrogen and oxygen atoms in total. The van der Waals surface area contributed by atoms with Gasteiger partial charge in [-0.15, -0.1) is 0 Å². The molecule has 1 atom stereocenters. The quantitative estimate of drug-likeness (QED) is 0.513. The van der Waals surface area contributed by atoms with Crippen LogP contribution in [0.15, 0.2) is 35.3 Å². The lowest BCUT2D eigenvalue weighted by Crippen LogP contribution is -2.40. The van der Waals surface area contributed by atoms with Gasteiger partial charge in [0.25, 0.3) is 0 Å². The molecule has 1 unspecified atom stereocenters. The van der Waals surface area contributed by atoms with Crippen LogP contribution in [0.2, 0.25) is 0 Å². The summed E-state index contributed by atoms with van der Waals surface area (Å²) in [4.78, 5) is 6.60. The lowest BCUT2D eigenvalue weighted by atomic mass is 10.2. The number of aliphatic imine (C=N–C) groups is 1. The summed E-state index contributed by atoms with van der Waals surface area (Å²) in [6.45, 7) is 7.13. The van der Waals surface area contributed by atoms with Gasteiger partial charge >= 0.3 is 0 Å². The third-order valence-corrected chi connectivity index (χ3v) is 3.42. The van der Waals surface area contributed by atoms with Crippen molar-refractivity contribution in [3.63, 3.8) is 0 Å². The van der Waals surface area contributed by atoms with Crippen LogP contribution in [0.1, 0.15) is 32.3 Å². The molecule has 0 spiro atoms. The Morgan fingerprint density at radius 3 is 2.70 bits per heavy atom. The molecule has 0 saturated carbocycles. The highest BCUT2D eigenvalue weighted by molar-refractivity contribution is 5.79. The van der Waals surface area contributed by atoms with Gasteiger partial charge in [-0.1, -0.05) is 43.7 Å². The summed E-state index contributed by atoms with van der Waals surface area (Å²) < 4.78 is 5.55. The maximum absolute atomic E-state index is 10.0. The third-order valence-electron chi connectivity index (χ3n) is 3.42. The van der Waals surface area contributed by atoms with Gasteiger partial charge in [-0.05, 0) is 18.9 Å². The number of aliphatic hydroxyl groups is 1. The Hall–Kier alpha value is -1.59. The van der Waals surface area contributed by atoms with Crippen molar-refractivity contribution in [3.05, 3.63) is 35.9 Å². The first-order chi connectivity index (χ1) is 11.2. The van der Waals surface area contributed by atoms with Gasteiger partial charge in [0.2, 0.25) is 0 Å². The molecule has 130 valence electrons. The Morgan fingerprint density at radius 2 is 2.04 bits per heavy atom. The van der Waals surface area contributed by atoms with Gasteiger partial charge in [0.05, 0.1) is 25.9 Å². The van der Waals surface area contributed by atoms with Gasteiger partial charge in [0.15, 0.2) is 5.96 Å². The number of guanidine groups is 1. The Kier molecular flexibility index (Phi) is 10.1. The Bertz CT molecular complexity index is 437. The van der Waals surface area contributed by atoms with E-state index in [1.807, 2.05) is 44.3 Å². The minimum absolute atomic E-state index is 0.288. The predicted molar refractivity (Wildman–Crippen MR) is 95.6 cm³/mol. The van der Waals surface area contributed by atoms with Crippen LogP contribution in [0.4, 0.5) is 0 Å². The minimum atomic E-state index is -0.591. The van der Waals surface area contributed by atoms with Gasteiger partial charge < -0.3 is 20.1 Å². The topological polar surface area (TPSA) is 57.1 Å². The molecule has 5 heteroatoms. The minimum Gasteiger partial charge on any atom is -0.389 e. The molecular formula is C18H31N3O2. The first kappa shape index (κ1) is 19.5. The van der Waals surface area contributed by atoms with Gasteiger partial charge in [-0.3, -0.25) is 4.99 Å². The second-order valence-corrected chi connectivity index (χ2v) is 5.62. The van der Waals surface area contributed by atoms with Crippen molar-refractivity contribution in [2.75, 3.05) is 33.3 Å². The molecule has 23 heavy (non-hydrogen) atoms. The SMILES string of the molecule is CCCCN(C)C(=NCC(O)COCc1ccccc1)NCC. The van der Waals surface area contributed by atoms with E-state index < -0.39 is 6.10 Å². The van der Waals surface area contributed by atoms with Gasteiger partial charge in [-0.2, -0.15) is 0 Å². The number of nitrogens with zero attached hydrogens (tertiary/aromatic N) is 2. The monoisotopic (exact) mass is 321 g/mol. The van der Waals surface area contributed by atoms with Crippen LogP contribution < -0.4 is 5.32 Å². The fourth-order valence-corrected chi connectivity index (χ4v) is 2.10. The first-order valence-corrected chi connectivity index (χ1v) is 8.46. The fourth-order valence-electron chi connectivity index (χ4n) is 2.10. The fraction of sp³-hybridized carbons (Fsp3) is 0.611. The van der Waals surface area contributed by atoms with E-state index in [0.29, 0.717) is 13.2 Å². The number of unbranched alkanes of at least 4 members (excludes halogenated alkanes) is 1. The van der Waals surface area contributed by atoms with Crippen molar-refractivity contribution in [1.29, 1.82) is 0 Å². The highest BCUT2D eigenvalue weighted by Gasteiger charge is 2.08. The van der Waals surface area contributed by atoms with Crippen molar-refractivity contribution >= 4 is 5.96 Å². The zero-order valence-electron chi connectivity index (χ0n) is 14.7. The molecule has 0 saturated heterocycles. The lowest BCUT2D eigenvalue weighted by Gasteiger charge is -2.22. The Morgan fingerprint density at radius 1 is 1.30 bits per heavy atom. The van der Waals surface area contributed by atoms with E-state index >= 15 is 0 Å². The maximum atomic E-state index is 10.0. The third kappa shape index (κ3) is 8.57. The summed E-state index contributed by atoms with van der Waals surface area (Å²) in [7, 11) is 2.02. The summed E-state index contributed by atoms with van der Waals surface area (Å²) in [6, 6.07) is 9.96. The Labute approximate surface area is 140 Å². The smallest absolute Gasteiger partial charge is 0.193 e. The lowest BCUT2D eigenvalue weighted by molar-refractivity contribution is 0.0330. The summed E-state index contributed by atoms with van der Waals surface area (Å²) in [5.41, 5.74) is 1.11. The highest BCUT2D eigenvalue weighted by Crippen LogP contribution is 2.01. The van der Waals surface area contributed by atoms with E-state index in [9.17, 15) is 5.11 Å². The van der Waals surface area contributed by atoms with Crippen LogP contribution in [0, 0.1) is 0 Å². The zero-order chi connectivity index (χ0) is 16.9. The average molecular weight is 321 g/mol. The standard InChI is InChI=1S/C18H31N3O2/c1-4-6-12-21(3)18(19-5-2)20-13-17(22)15-23-14-16-10-8-7-9-11-16/h7-11,17,22H,4-6,12-15H2,1-3H3,(H,19,20). The summed E-state index contributed by atoms with van der Waals surface area (Å²) >= 11 is 0. The van der Waals surface area contributed by atoms with Crippen molar-refractivity contribution in [1.82, 2.24) is 10.2 Å². The number of ether oxygens (including phenoxy) is 1. The van der Waals surface area contributed by atoms with Gasteiger partial charge in [0.1, 0.15) is 0 Å². The average Bonchev–Trinajstić information content (AvgIpc) is 2.57. The molecule has 0 bridgehead atoms. The number of aliphatic hydroxyl groups excluding tert-OH is 1. The number of rotatable bonds is 10. The van der Waals surface area contributed by atoms with Crippen LogP contribution in [-0.4, -0.2) is 55.4 Å². The molecule has 0 aliphatic carbocycles. The van der Waals surface area contributed by atoms with Crippen molar-refractivity contribution in [3.8, 4) is 0 Å². The van der Waals surface area contributed by atoms with E-state index in [4.69, 9.17) is 4.74 Å². The molecule has 1 rings (SSSR count). The summed E-state index contributed by atoms with van der Waals surface area (Å²) in [5, 5.41) is 13.3. The maximum Gasteiger partial charge on any atom is 0.193 e. The van der Waals surface area contributed by atoms with E-state index in [-0.39, 0.29) is 6.61 Å². The predicted octanol–water partition coefficient (Wildman–Crippen LogP) is 2.26. The second kappa shape index (κ2) is 11.9. The molecular weight excluding hydrogens is 290 g/mol. The van der Waals surface area contributed by atoms with Crippen molar-refractivity contribution < 1.29 is 9.84 Å². The number of hydrogen-bond donors (Lipinski definition) is 2. The van der Waals surface area contributed by atoms with Crippen LogP contribution in [0.5, 0.6) is 0 Å². The summed E-state index contributed by atoms with van der Waals surface area (Å²) in [5.74, 6) is 0.836. The molecule has 1 aromatic rings. The summed E-state index contributed by atoms with van der Waals surface area (Å²) in [6.07, 6.45) is 1.69. The molecule has 0 radical (unpaired) electrons. The van der Waals surface area contributed by atoms with Crippen LogP contribution in [0.25, 0.3) is 0 Å². The molecule has 0 heterocycles. The molecule has 0 amide bonds. The second-order valence-electron chi connectivity index (χ2n) is 5.62.